The number of aromatic nitrogens is 5. The number of fused-ring (bicyclic) bond motifs is 13. The number of para-hydroxylation sites is 1. The molecule has 324 valence electrons. The van der Waals surface area contributed by atoms with E-state index in [-0.39, 0.29) is 0 Å². The summed E-state index contributed by atoms with van der Waals surface area (Å²) in [5.74, 6) is 1.87. The molecule has 15 rings (SSSR count). The van der Waals surface area contributed by atoms with E-state index in [4.69, 9.17) is 15.0 Å². The summed E-state index contributed by atoms with van der Waals surface area (Å²) in [6.07, 6.45) is 0. The lowest BCUT2D eigenvalue weighted by Gasteiger charge is -2.16. The molecule has 5 heteroatoms. The molecule has 0 unspecified atom stereocenters. The summed E-state index contributed by atoms with van der Waals surface area (Å²) in [4.78, 5) is 16.0. The molecule has 0 aliphatic rings. The third-order valence-electron chi connectivity index (χ3n) is 14.5. The SMILES string of the molecule is c1ccc(-c2nc(-c3cc(-n4c5cc(-n6c7ccccc7c7c8ccccc8ccc76)ccc5c5cc6ccccc6cc54)c4ccccc4c3)nc(-c3cc4ccccc4c4ccccc34)n2)cc1. The lowest BCUT2D eigenvalue weighted by Crippen LogP contribution is -2.02. The maximum Gasteiger partial charge on any atom is 0.164 e. The Balaban J connectivity index is 1.02. The molecule has 0 aliphatic carbocycles. The van der Waals surface area contributed by atoms with Crippen LogP contribution >= 0.6 is 0 Å². The van der Waals surface area contributed by atoms with Gasteiger partial charge < -0.3 is 9.13 Å². The molecule has 0 aliphatic heterocycles. The summed E-state index contributed by atoms with van der Waals surface area (Å²) in [5, 5.41) is 16.6. The molecule has 12 aromatic carbocycles. The molecule has 70 heavy (non-hydrogen) atoms. The summed E-state index contributed by atoms with van der Waals surface area (Å²) >= 11 is 0. The highest BCUT2D eigenvalue weighted by Crippen LogP contribution is 2.43. The molecule has 5 nitrogen and oxygen atoms in total. The van der Waals surface area contributed by atoms with E-state index in [1.54, 1.807) is 0 Å². The predicted octanol–water partition coefficient (Wildman–Crippen LogP) is 16.8. The molecule has 3 heterocycles. The van der Waals surface area contributed by atoms with Gasteiger partial charge in [-0.1, -0.05) is 182 Å². The molecule has 0 amide bonds. The number of rotatable bonds is 5. The number of benzene rings is 12. The highest BCUT2D eigenvalue weighted by Gasteiger charge is 2.22. The summed E-state index contributed by atoms with van der Waals surface area (Å²) in [6, 6.07) is 85.4. The van der Waals surface area contributed by atoms with Crippen molar-refractivity contribution in [1.29, 1.82) is 0 Å². The first kappa shape index (κ1) is 38.6. The van der Waals surface area contributed by atoms with Crippen molar-refractivity contribution in [3.05, 3.63) is 237 Å². The molecule has 15 aromatic rings. The van der Waals surface area contributed by atoms with Crippen molar-refractivity contribution in [2.24, 2.45) is 0 Å². The van der Waals surface area contributed by atoms with Gasteiger partial charge in [0.15, 0.2) is 17.5 Å². The number of hydrogen-bond donors (Lipinski definition) is 0. The van der Waals surface area contributed by atoms with Crippen LogP contribution in [0.2, 0.25) is 0 Å². The molecular weight excluding hydrogens is 851 g/mol. The van der Waals surface area contributed by atoms with Crippen molar-refractivity contribution in [3.63, 3.8) is 0 Å². The fraction of sp³-hybridized carbons (Fsp3) is 0. The smallest absolute Gasteiger partial charge is 0.164 e. The van der Waals surface area contributed by atoms with Crippen LogP contribution in [0.4, 0.5) is 0 Å². The monoisotopic (exact) mass is 889 g/mol. The second kappa shape index (κ2) is 15.0. The molecular formula is C65H39N5. The average Bonchev–Trinajstić information content (AvgIpc) is 3.94. The lowest BCUT2D eigenvalue weighted by molar-refractivity contribution is 1.07. The van der Waals surface area contributed by atoms with Crippen LogP contribution in [0.3, 0.4) is 0 Å². The Hall–Kier alpha value is -9.45. The minimum Gasteiger partial charge on any atom is -0.309 e. The molecule has 0 atom stereocenters. The molecule has 0 fully saturated rings. The van der Waals surface area contributed by atoms with Crippen LogP contribution < -0.4 is 0 Å². The van der Waals surface area contributed by atoms with Crippen LogP contribution in [0.1, 0.15) is 0 Å². The van der Waals surface area contributed by atoms with Gasteiger partial charge in [-0.25, -0.2) is 15.0 Å². The minimum atomic E-state index is 0.609. The maximum absolute atomic E-state index is 5.44. The second-order valence-corrected chi connectivity index (χ2v) is 18.4. The largest absolute Gasteiger partial charge is 0.309 e. The van der Waals surface area contributed by atoms with Gasteiger partial charge in [0.25, 0.3) is 0 Å². The Kier molecular flexibility index (Phi) is 8.29. The van der Waals surface area contributed by atoms with Crippen molar-refractivity contribution < 1.29 is 0 Å². The highest BCUT2D eigenvalue weighted by molar-refractivity contribution is 6.22. The molecule has 0 spiro atoms. The van der Waals surface area contributed by atoms with Gasteiger partial charge in [0.2, 0.25) is 0 Å². The zero-order chi connectivity index (χ0) is 45.9. The van der Waals surface area contributed by atoms with E-state index >= 15 is 0 Å². The van der Waals surface area contributed by atoms with Crippen LogP contribution in [0, 0.1) is 0 Å². The average molecular weight is 890 g/mol. The zero-order valence-corrected chi connectivity index (χ0v) is 37.8. The van der Waals surface area contributed by atoms with Gasteiger partial charge in [0.1, 0.15) is 0 Å². The Bertz CT molecular complexity index is 4660. The quantitative estimate of drug-likeness (QED) is 0.162. The second-order valence-electron chi connectivity index (χ2n) is 18.4. The van der Waals surface area contributed by atoms with E-state index in [1.807, 2.05) is 18.2 Å². The van der Waals surface area contributed by atoms with Crippen molar-refractivity contribution in [2.45, 2.75) is 0 Å². The van der Waals surface area contributed by atoms with E-state index in [9.17, 15) is 0 Å². The Morgan fingerprint density at radius 2 is 0.843 bits per heavy atom. The van der Waals surface area contributed by atoms with Gasteiger partial charge >= 0.3 is 0 Å². The third kappa shape index (κ3) is 5.82. The van der Waals surface area contributed by atoms with Crippen LogP contribution in [0.15, 0.2) is 237 Å². The predicted molar refractivity (Wildman–Crippen MR) is 292 cm³/mol. The zero-order valence-electron chi connectivity index (χ0n) is 37.8. The van der Waals surface area contributed by atoms with Crippen LogP contribution in [-0.4, -0.2) is 24.1 Å². The summed E-state index contributed by atoms with van der Waals surface area (Å²) < 4.78 is 4.92. The van der Waals surface area contributed by atoms with Gasteiger partial charge in [0.05, 0.1) is 27.8 Å². The Labute approximate surface area is 401 Å². The number of nitrogens with zero attached hydrogens (tertiary/aromatic N) is 5. The lowest BCUT2D eigenvalue weighted by atomic mass is 9.97. The first-order valence-corrected chi connectivity index (χ1v) is 23.8. The molecule has 0 saturated heterocycles. The van der Waals surface area contributed by atoms with Crippen molar-refractivity contribution in [2.75, 3.05) is 0 Å². The van der Waals surface area contributed by atoms with E-state index in [1.165, 1.54) is 64.9 Å². The normalized spacial score (nSPS) is 12.0. The van der Waals surface area contributed by atoms with E-state index in [0.29, 0.717) is 17.5 Å². The highest BCUT2D eigenvalue weighted by atomic mass is 15.0. The first-order valence-electron chi connectivity index (χ1n) is 23.8. The third-order valence-corrected chi connectivity index (χ3v) is 14.5. The van der Waals surface area contributed by atoms with Crippen LogP contribution in [-0.2, 0) is 0 Å². The summed E-state index contributed by atoms with van der Waals surface area (Å²) in [7, 11) is 0. The summed E-state index contributed by atoms with van der Waals surface area (Å²) in [5.41, 5.74) is 9.54. The number of hydrogen-bond acceptors (Lipinski definition) is 3. The van der Waals surface area contributed by atoms with E-state index < -0.39 is 0 Å². The van der Waals surface area contributed by atoms with Gasteiger partial charge in [0, 0.05) is 49.3 Å². The fourth-order valence-corrected chi connectivity index (χ4v) is 11.3. The topological polar surface area (TPSA) is 48.5 Å². The molecule has 0 saturated carbocycles. The molecule has 0 N–H and O–H groups in total. The van der Waals surface area contributed by atoms with Crippen molar-refractivity contribution in [3.8, 4) is 45.5 Å². The Morgan fingerprint density at radius 1 is 0.257 bits per heavy atom. The van der Waals surface area contributed by atoms with Crippen molar-refractivity contribution in [1.82, 2.24) is 24.1 Å². The van der Waals surface area contributed by atoms with Crippen LogP contribution in [0.5, 0.6) is 0 Å². The van der Waals surface area contributed by atoms with E-state index in [2.05, 4.69) is 228 Å². The van der Waals surface area contributed by atoms with Crippen LogP contribution in [0.25, 0.3) is 143 Å². The standard InChI is InChI=1S/C65H39N5/c1-2-17-41(18-3-1)63-66-64(68-65(67-63)56-36-45-22-7-9-23-48(45)51-26-12-13-27-52(51)56)46-34-44-21-8-10-24-49(44)59(38-46)70-60-37-43-20-5-4-19-42(43)35-55(60)53-32-31-47(39-61(53)70)69-57-29-15-14-28-54(57)62-50-25-11-6-16-40(50)30-33-58(62)69/h1-39H. The summed E-state index contributed by atoms with van der Waals surface area (Å²) in [6.45, 7) is 0. The van der Waals surface area contributed by atoms with Crippen molar-refractivity contribution >= 4 is 97.5 Å². The van der Waals surface area contributed by atoms with Gasteiger partial charge in [-0.2, -0.15) is 0 Å². The Morgan fingerprint density at radius 3 is 1.64 bits per heavy atom. The van der Waals surface area contributed by atoms with Gasteiger partial charge in [-0.3, -0.25) is 0 Å². The molecule has 0 radical (unpaired) electrons. The molecule has 0 bridgehead atoms. The fourth-order valence-electron chi connectivity index (χ4n) is 11.3. The minimum absolute atomic E-state index is 0.609. The van der Waals surface area contributed by atoms with Gasteiger partial charge in [-0.05, 0) is 103 Å². The molecule has 3 aromatic heterocycles. The maximum atomic E-state index is 5.44. The van der Waals surface area contributed by atoms with Gasteiger partial charge in [-0.15, -0.1) is 0 Å². The van der Waals surface area contributed by atoms with E-state index in [0.717, 1.165) is 60.6 Å². The first-order chi connectivity index (χ1) is 34.7.